The van der Waals surface area contributed by atoms with Crippen molar-refractivity contribution in [1.29, 1.82) is 0 Å². The first-order valence-electron chi connectivity index (χ1n) is 5.17. The van der Waals surface area contributed by atoms with Crippen LogP contribution in [0, 0.1) is 13.8 Å². The molecule has 0 saturated heterocycles. The Hall–Kier alpha value is -1.89. The summed E-state index contributed by atoms with van der Waals surface area (Å²) in [6, 6.07) is 3.33. The molecule has 0 aliphatic rings. The van der Waals surface area contributed by atoms with E-state index in [0.29, 0.717) is 10.2 Å². The second-order valence-corrected chi connectivity index (χ2v) is 4.35. The minimum absolute atomic E-state index is 0.179. The van der Waals surface area contributed by atoms with Gasteiger partial charge >= 0.3 is 0 Å². The highest BCUT2D eigenvalue weighted by Gasteiger charge is 2.12. The van der Waals surface area contributed by atoms with Gasteiger partial charge in [-0.3, -0.25) is 10.1 Å². The lowest BCUT2D eigenvalue weighted by atomic mass is 10.3. The molecule has 0 atom stereocenters. The van der Waals surface area contributed by atoms with Gasteiger partial charge in [-0.1, -0.05) is 0 Å². The van der Waals surface area contributed by atoms with Gasteiger partial charge in [0.25, 0.3) is 5.91 Å². The fraction of sp³-hybridized carbons (Fsp3) is 0.182. The molecule has 18 heavy (non-hydrogen) atoms. The highest BCUT2D eigenvalue weighted by atomic mass is 79.9. The van der Waals surface area contributed by atoms with E-state index in [1.54, 1.807) is 32.2 Å². The lowest BCUT2D eigenvalue weighted by molar-refractivity contribution is 0.102. The summed E-state index contributed by atoms with van der Waals surface area (Å²) in [5.41, 5.74) is 1.88. The Morgan fingerprint density at radius 3 is 2.72 bits per heavy atom. The third-order valence-corrected chi connectivity index (χ3v) is 2.95. The van der Waals surface area contributed by atoms with E-state index >= 15 is 0 Å². The summed E-state index contributed by atoms with van der Waals surface area (Å²) in [7, 11) is 0. The molecule has 0 spiro atoms. The molecule has 0 aliphatic heterocycles. The van der Waals surface area contributed by atoms with Crippen molar-refractivity contribution < 1.29 is 4.79 Å². The zero-order valence-electron chi connectivity index (χ0n) is 9.81. The van der Waals surface area contributed by atoms with Gasteiger partial charge in [-0.15, -0.1) is 5.10 Å². The quantitative estimate of drug-likeness (QED) is 0.857. The molecular formula is C11H10BrN5O. The standard InChI is InChI=1S/C11H10BrN5O/c1-6-7(2)16-17-11(14-6)15-10(18)8-4-3-5-13-9(8)12/h3-5H,1-2H3,(H,14,15,17,18). The van der Waals surface area contributed by atoms with Crippen LogP contribution in [0.25, 0.3) is 0 Å². The first kappa shape index (κ1) is 12.6. The second-order valence-electron chi connectivity index (χ2n) is 3.60. The number of amides is 1. The van der Waals surface area contributed by atoms with E-state index in [1.807, 2.05) is 0 Å². The topological polar surface area (TPSA) is 80.7 Å². The molecule has 92 valence electrons. The Morgan fingerprint density at radius 1 is 1.28 bits per heavy atom. The Balaban J connectivity index is 2.22. The van der Waals surface area contributed by atoms with E-state index in [2.05, 4.69) is 41.4 Å². The number of nitrogens with one attached hydrogen (secondary N) is 1. The summed E-state index contributed by atoms with van der Waals surface area (Å²) in [6.07, 6.45) is 1.59. The molecule has 0 bridgehead atoms. The maximum absolute atomic E-state index is 11.9. The van der Waals surface area contributed by atoms with Crippen LogP contribution in [0.15, 0.2) is 22.9 Å². The molecule has 1 N–H and O–H groups in total. The number of carbonyl (C=O) groups is 1. The van der Waals surface area contributed by atoms with E-state index in [9.17, 15) is 4.79 Å². The summed E-state index contributed by atoms with van der Waals surface area (Å²) in [6.45, 7) is 3.61. The van der Waals surface area contributed by atoms with Crippen molar-refractivity contribution in [3.63, 3.8) is 0 Å². The molecule has 2 heterocycles. The smallest absolute Gasteiger partial charge is 0.260 e. The molecule has 0 unspecified atom stereocenters. The third-order valence-electron chi connectivity index (χ3n) is 2.32. The minimum atomic E-state index is -0.333. The van der Waals surface area contributed by atoms with Crippen LogP contribution < -0.4 is 5.32 Å². The van der Waals surface area contributed by atoms with E-state index in [-0.39, 0.29) is 11.9 Å². The molecule has 0 aliphatic carbocycles. The third kappa shape index (κ3) is 2.67. The Bertz CT molecular complexity index is 602. The fourth-order valence-electron chi connectivity index (χ4n) is 1.23. The van der Waals surface area contributed by atoms with Crippen molar-refractivity contribution in [3.05, 3.63) is 39.9 Å². The van der Waals surface area contributed by atoms with Crippen LogP contribution in [0.4, 0.5) is 5.95 Å². The first-order chi connectivity index (χ1) is 8.58. The van der Waals surface area contributed by atoms with Gasteiger partial charge in [0, 0.05) is 6.20 Å². The van der Waals surface area contributed by atoms with Gasteiger partial charge in [0.2, 0.25) is 5.95 Å². The van der Waals surface area contributed by atoms with Crippen molar-refractivity contribution in [2.24, 2.45) is 0 Å². The maximum Gasteiger partial charge on any atom is 0.260 e. The summed E-state index contributed by atoms with van der Waals surface area (Å²) >= 11 is 3.21. The number of anilines is 1. The molecule has 6 nitrogen and oxygen atoms in total. The number of halogens is 1. The molecular weight excluding hydrogens is 298 g/mol. The lowest BCUT2D eigenvalue weighted by Gasteiger charge is -2.05. The van der Waals surface area contributed by atoms with Crippen LogP contribution >= 0.6 is 15.9 Å². The molecule has 1 amide bonds. The zero-order valence-corrected chi connectivity index (χ0v) is 11.4. The van der Waals surface area contributed by atoms with Crippen LogP contribution in [0.1, 0.15) is 21.7 Å². The van der Waals surface area contributed by atoms with Crippen LogP contribution in [0.5, 0.6) is 0 Å². The number of pyridine rings is 1. The van der Waals surface area contributed by atoms with Crippen LogP contribution in [-0.2, 0) is 0 Å². The monoisotopic (exact) mass is 307 g/mol. The molecule has 2 aromatic heterocycles. The van der Waals surface area contributed by atoms with Crippen molar-refractivity contribution in [1.82, 2.24) is 20.2 Å². The van der Waals surface area contributed by atoms with E-state index in [0.717, 1.165) is 11.4 Å². The fourth-order valence-corrected chi connectivity index (χ4v) is 1.66. The van der Waals surface area contributed by atoms with E-state index in [1.165, 1.54) is 0 Å². The van der Waals surface area contributed by atoms with Gasteiger partial charge in [0.05, 0.1) is 17.0 Å². The van der Waals surface area contributed by atoms with Crippen molar-refractivity contribution in [2.45, 2.75) is 13.8 Å². The van der Waals surface area contributed by atoms with Gasteiger partial charge < -0.3 is 0 Å². The maximum atomic E-state index is 11.9. The average Bonchev–Trinajstić information content (AvgIpc) is 2.34. The normalized spacial score (nSPS) is 10.2. The van der Waals surface area contributed by atoms with Gasteiger partial charge in [0.15, 0.2) is 0 Å². The van der Waals surface area contributed by atoms with Gasteiger partial charge in [-0.25, -0.2) is 9.97 Å². The number of nitrogens with zero attached hydrogens (tertiary/aromatic N) is 4. The minimum Gasteiger partial charge on any atom is -0.289 e. The second kappa shape index (κ2) is 5.18. The zero-order chi connectivity index (χ0) is 13.1. The number of hydrogen-bond donors (Lipinski definition) is 1. The predicted molar refractivity (Wildman–Crippen MR) is 69.2 cm³/mol. The molecule has 0 fully saturated rings. The predicted octanol–water partition coefficient (Wildman–Crippen LogP) is 1.90. The molecule has 0 saturated carbocycles. The summed E-state index contributed by atoms with van der Waals surface area (Å²) in [5.74, 6) is -0.154. The number of aryl methyl sites for hydroxylation is 2. The first-order valence-corrected chi connectivity index (χ1v) is 5.97. The number of aromatic nitrogens is 4. The van der Waals surface area contributed by atoms with Crippen LogP contribution in [-0.4, -0.2) is 26.1 Å². The summed E-state index contributed by atoms with van der Waals surface area (Å²) < 4.78 is 0.472. The summed E-state index contributed by atoms with van der Waals surface area (Å²) in [5, 5.41) is 10.3. The average molecular weight is 308 g/mol. The lowest BCUT2D eigenvalue weighted by Crippen LogP contribution is -2.16. The van der Waals surface area contributed by atoms with Crippen LogP contribution in [0.2, 0.25) is 0 Å². The molecule has 7 heteroatoms. The van der Waals surface area contributed by atoms with E-state index < -0.39 is 0 Å². The Labute approximate surface area is 112 Å². The van der Waals surface area contributed by atoms with Crippen molar-refractivity contribution in [2.75, 3.05) is 5.32 Å². The molecule has 2 aromatic rings. The largest absolute Gasteiger partial charge is 0.289 e. The number of carbonyl (C=O) groups excluding carboxylic acids is 1. The van der Waals surface area contributed by atoms with Gasteiger partial charge in [-0.2, -0.15) is 5.10 Å². The highest BCUT2D eigenvalue weighted by Crippen LogP contribution is 2.13. The summed E-state index contributed by atoms with van der Waals surface area (Å²) in [4.78, 5) is 20.0. The number of hydrogen-bond acceptors (Lipinski definition) is 5. The highest BCUT2D eigenvalue weighted by molar-refractivity contribution is 9.10. The SMILES string of the molecule is Cc1nnc(NC(=O)c2cccnc2Br)nc1C. The van der Waals surface area contributed by atoms with Crippen LogP contribution in [0.3, 0.4) is 0 Å². The van der Waals surface area contributed by atoms with Gasteiger partial charge in [0.1, 0.15) is 4.60 Å². The van der Waals surface area contributed by atoms with E-state index in [4.69, 9.17) is 0 Å². The molecule has 0 radical (unpaired) electrons. The Kier molecular flexibility index (Phi) is 3.61. The van der Waals surface area contributed by atoms with Crippen molar-refractivity contribution in [3.8, 4) is 0 Å². The van der Waals surface area contributed by atoms with Crippen molar-refractivity contribution >= 4 is 27.8 Å². The Morgan fingerprint density at radius 2 is 2.06 bits per heavy atom. The number of rotatable bonds is 2. The molecule has 0 aromatic carbocycles. The van der Waals surface area contributed by atoms with Gasteiger partial charge in [-0.05, 0) is 41.9 Å². The molecule has 2 rings (SSSR count).